The zero-order valence-corrected chi connectivity index (χ0v) is 10.1. The van der Waals surface area contributed by atoms with Gasteiger partial charge in [0, 0.05) is 14.5 Å². The summed E-state index contributed by atoms with van der Waals surface area (Å²) in [5.41, 5.74) is 0.780. The molecule has 0 N–H and O–H groups in total. The van der Waals surface area contributed by atoms with E-state index in [-0.39, 0.29) is 17.1 Å². The van der Waals surface area contributed by atoms with Gasteiger partial charge in [0.05, 0.1) is 0 Å². The molecule has 80 valence electrons. The lowest BCUT2D eigenvalue weighted by Gasteiger charge is -2.04. The van der Waals surface area contributed by atoms with E-state index in [1.54, 1.807) is 13.8 Å². The maximum atomic E-state index is 12.2. The highest BCUT2D eigenvalue weighted by atomic mass is 16.1. The first-order valence-electron chi connectivity index (χ1n) is 6.15. The van der Waals surface area contributed by atoms with Gasteiger partial charge < -0.3 is 0 Å². The minimum absolute atomic E-state index is 0.0536. The summed E-state index contributed by atoms with van der Waals surface area (Å²) in [6, 6.07) is 0. The molecule has 0 saturated heterocycles. The summed E-state index contributed by atoms with van der Waals surface area (Å²) >= 11 is 0. The zero-order valence-electron chi connectivity index (χ0n) is 12.1. The molecule has 1 aliphatic rings. The smallest absolute Gasteiger partial charge is 0.139 e. The summed E-state index contributed by atoms with van der Waals surface area (Å²) in [6.07, 6.45) is 2.00. The van der Waals surface area contributed by atoms with E-state index in [2.05, 4.69) is 0 Å². The van der Waals surface area contributed by atoms with E-state index in [0.717, 1.165) is 5.57 Å². The van der Waals surface area contributed by atoms with Crippen LogP contribution in [0.25, 0.3) is 0 Å². The summed E-state index contributed by atoms with van der Waals surface area (Å²) in [6.45, 7) is 11.0. The summed E-state index contributed by atoms with van der Waals surface area (Å²) in [4.78, 5) is 12.2. The third kappa shape index (κ3) is 1.92. The lowest BCUT2D eigenvalue weighted by molar-refractivity contribution is -0.123. The minimum atomic E-state index is -1.18. The molecule has 0 aromatic carbocycles. The Labute approximate surface area is 90.4 Å². The van der Waals surface area contributed by atoms with Crippen LogP contribution >= 0.6 is 0 Å². The van der Waals surface area contributed by atoms with Crippen molar-refractivity contribution in [2.45, 2.75) is 41.5 Å². The molecule has 0 bridgehead atoms. The molecular formula is C13H22O. The van der Waals surface area contributed by atoms with Crippen molar-refractivity contribution < 1.29 is 7.54 Å². The van der Waals surface area contributed by atoms with Crippen LogP contribution in [-0.4, -0.2) is 5.78 Å². The average Bonchev–Trinajstić information content (AvgIpc) is 2.48. The topological polar surface area (TPSA) is 17.1 Å². The molecule has 1 fully saturated rings. The highest BCUT2D eigenvalue weighted by Gasteiger charge is 2.60. The van der Waals surface area contributed by atoms with E-state index < -0.39 is 11.8 Å². The van der Waals surface area contributed by atoms with E-state index in [1.807, 2.05) is 33.8 Å². The van der Waals surface area contributed by atoms with E-state index >= 15 is 0 Å². The Kier molecular flexibility index (Phi) is 2.19. The Balaban J connectivity index is 3.06. The lowest BCUT2D eigenvalue weighted by Crippen LogP contribution is -2.12. The molecule has 0 spiro atoms. The maximum Gasteiger partial charge on any atom is 0.139 e. The van der Waals surface area contributed by atoms with Crippen molar-refractivity contribution in [3.63, 3.8) is 0 Å². The Hall–Kier alpha value is -0.590. The monoisotopic (exact) mass is 196 g/mol. The first kappa shape index (κ1) is 8.70. The van der Waals surface area contributed by atoms with Crippen LogP contribution in [0.5, 0.6) is 0 Å². The Morgan fingerprint density at radius 1 is 1.50 bits per heavy atom. The fourth-order valence-corrected chi connectivity index (χ4v) is 1.91. The van der Waals surface area contributed by atoms with Gasteiger partial charge in [-0.15, -0.1) is 0 Å². The number of carbonyl (C=O) groups excluding carboxylic acids is 1. The maximum absolute atomic E-state index is 12.2. The number of ketones is 1. The largest absolute Gasteiger partial charge is 0.299 e. The van der Waals surface area contributed by atoms with Crippen molar-refractivity contribution in [1.29, 1.82) is 0 Å². The predicted octanol–water partition coefficient (Wildman–Crippen LogP) is 3.45. The van der Waals surface area contributed by atoms with Crippen molar-refractivity contribution in [2.24, 2.45) is 23.1 Å². The van der Waals surface area contributed by atoms with Crippen LogP contribution in [0.1, 0.15) is 44.3 Å². The summed E-state index contributed by atoms with van der Waals surface area (Å²) in [7, 11) is 0. The standard InChI is InChI=1S/C13H22O/c1-8(2)7-10-11(13(10,5)6)12(14)9(3)4/h7,9-11H,1-6H3/t10-,11+/m0/s1/i9D,11D. The van der Waals surface area contributed by atoms with Crippen LogP contribution < -0.4 is 0 Å². The first-order chi connectivity index (χ1) is 6.95. The molecule has 0 aromatic heterocycles. The summed E-state index contributed by atoms with van der Waals surface area (Å²) in [5, 5.41) is 0. The third-order valence-corrected chi connectivity index (χ3v) is 2.90. The zero-order chi connectivity index (χ0) is 12.9. The third-order valence-electron chi connectivity index (χ3n) is 2.90. The lowest BCUT2D eigenvalue weighted by atomic mass is 9.99. The second-order valence-corrected chi connectivity index (χ2v) is 5.19. The Morgan fingerprint density at radius 2 is 2.00 bits per heavy atom. The summed E-state index contributed by atoms with van der Waals surface area (Å²) < 4.78 is 16.1. The van der Waals surface area contributed by atoms with Crippen molar-refractivity contribution in [3.05, 3.63) is 11.6 Å². The fourth-order valence-electron chi connectivity index (χ4n) is 1.91. The van der Waals surface area contributed by atoms with E-state index in [9.17, 15) is 4.79 Å². The van der Waals surface area contributed by atoms with Gasteiger partial charge in [0.2, 0.25) is 0 Å². The molecule has 0 aliphatic heterocycles. The molecule has 0 aromatic rings. The molecule has 1 rings (SSSR count). The van der Waals surface area contributed by atoms with Gasteiger partial charge in [0.25, 0.3) is 0 Å². The number of rotatable bonds is 3. The molecule has 0 unspecified atom stereocenters. The van der Waals surface area contributed by atoms with E-state index in [4.69, 9.17) is 2.74 Å². The van der Waals surface area contributed by atoms with E-state index in [1.165, 1.54) is 0 Å². The van der Waals surface area contributed by atoms with Gasteiger partial charge in [-0.05, 0) is 25.2 Å². The van der Waals surface area contributed by atoms with Gasteiger partial charge in [-0.3, -0.25) is 4.79 Å². The van der Waals surface area contributed by atoms with E-state index in [0.29, 0.717) is 0 Å². The van der Waals surface area contributed by atoms with Gasteiger partial charge in [-0.1, -0.05) is 39.3 Å². The Bertz CT molecular complexity index is 345. The highest BCUT2D eigenvalue weighted by molar-refractivity contribution is 5.87. The van der Waals surface area contributed by atoms with Gasteiger partial charge in [-0.25, -0.2) is 0 Å². The van der Waals surface area contributed by atoms with Crippen molar-refractivity contribution in [2.75, 3.05) is 0 Å². The van der Waals surface area contributed by atoms with Gasteiger partial charge >= 0.3 is 0 Å². The fraction of sp³-hybridized carbons (Fsp3) is 0.769. The molecule has 0 amide bonds. The van der Waals surface area contributed by atoms with Gasteiger partial charge in [0.15, 0.2) is 0 Å². The number of Topliss-reactive ketones (excluding diaryl/α,β-unsaturated/α-hetero) is 1. The van der Waals surface area contributed by atoms with Gasteiger partial charge in [0.1, 0.15) is 5.78 Å². The Morgan fingerprint density at radius 3 is 2.36 bits per heavy atom. The first-order valence-corrected chi connectivity index (χ1v) is 5.15. The van der Waals surface area contributed by atoms with Crippen LogP contribution in [-0.2, 0) is 4.79 Å². The summed E-state index contributed by atoms with van der Waals surface area (Å²) in [5.74, 6) is -2.62. The molecule has 2 atom stereocenters. The number of hydrogen-bond acceptors (Lipinski definition) is 1. The average molecular weight is 196 g/mol. The van der Waals surface area contributed by atoms with Crippen LogP contribution in [0.15, 0.2) is 11.6 Å². The number of allylic oxidation sites excluding steroid dienone is 2. The molecule has 1 aliphatic carbocycles. The molecular weight excluding hydrogens is 172 g/mol. The number of hydrogen-bond donors (Lipinski definition) is 0. The van der Waals surface area contributed by atoms with Crippen LogP contribution in [0.2, 0.25) is 0 Å². The SMILES string of the molecule is [2H]C(C)(C)C(=O)[C@@]1([2H])[C@H](C=C(C)C)C1(C)C. The van der Waals surface area contributed by atoms with Crippen LogP contribution in [0, 0.1) is 23.1 Å². The highest BCUT2D eigenvalue weighted by Crippen LogP contribution is 2.60. The van der Waals surface area contributed by atoms with Crippen molar-refractivity contribution in [3.8, 4) is 0 Å². The van der Waals surface area contributed by atoms with Crippen LogP contribution in [0.4, 0.5) is 0 Å². The number of carbonyl (C=O) groups is 1. The molecule has 1 heteroatoms. The van der Waals surface area contributed by atoms with Crippen molar-refractivity contribution in [1.82, 2.24) is 0 Å². The normalized spacial score (nSPS) is 36.9. The molecule has 1 saturated carbocycles. The molecule has 14 heavy (non-hydrogen) atoms. The van der Waals surface area contributed by atoms with Crippen molar-refractivity contribution >= 4 is 5.78 Å². The second-order valence-electron chi connectivity index (χ2n) is 5.19. The molecule has 0 radical (unpaired) electrons. The van der Waals surface area contributed by atoms with Crippen LogP contribution in [0.3, 0.4) is 0 Å². The second kappa shape index (κ2) is 3.52. The minimum Gasteiger partial charge on any atom is -0.299 e. The molecule has 1 nitrogen and oxygen atoms in total. The quantitative estimate of drug-likeness (QED) is 0.632. The van der Waals surface area contributed by atoms with Gasteiger partial charge in [-0.2, -0.15) is 0 Å². The predicted molar refractivity (Wildman–Crippen MR) is 60.0 cm³/mol. The molecule has 0 heterocycles.